The molecular weight excluding hydrogens is 286 g/mol. The Labute approximate surface area is 134 Å². The van der Waals surface area contributed by atoms with Crippen LogP contribution in [0.25, 0.3) is 11.1 Å². The van der Waals surface area contributed by atoms with Gasteiger partial charge in [-0.25, -0.2) is 4.98 Å². The number of H-pyrrole nitrogens is 1. The van der Waals surface area contributed by atoms with E-state index in [1.54, 1.807) is 0 Å². The van der Waals surface area contributed by atoms with Gasteiger partial charge < -0.3 is 9.55 Å². The maximum absolute atomic E-state index is 12.4. The van der Waals surface area contributed by atoms with Gasteiger partial charge in [0.15, 0.2) is 0 Å². The van der Waals surface area contributed by atoms with Crippen LogP contribution in [-0.4, -0.2) is 14.5 Å². The van der Waals surface area contributed by atoms with Crippen LogP contribution in [0.2, 0.25) is 0 Å². The first-order valence-electron chi connectivity index (χ1n) is 8.09. The number of hydrogen-bond acceptors (Lipinski definition) is 2. The summed E-state index contributed by atoms with van der Waals surface area (Å²) in [7, 11) is 0. The minimum atomic E-state index is -0.0426. The van der Waals surface area contributed by atoms with Gasteiger partial charge >= 0.3 is 0 Å². The molecule has 4 heteroatoms. The molecule has 0 amide bonds. The van der Waals surface area contributed by atoms with E-state index in [-0.39, 0.29) is 5.56 Å². The molecule has 0 spiro atoms. The van der Waals surface area contributed by atoms with Crippen molar-refractivity contribution >= 4 is 0 Å². The first-order chi connectivity index (χ1) is 11.3. The van der Waals surface area contributed by atoms with E-state index < -0.39 is 0 Å². The fourth-order valence-corrected chi connectivity index (χ4v) is 3.14. The van der Waals surface area contributed by atoms with E-state index in [1.165, 1.54) is 25.0 Å². The topological polar surface area (TPSA) is 50.7 Å². The Balaban J connectivity index is 1.60. The summed E-state index contributed by atoms with van der Waals surface area (Å²) >= 11 is 0. The molecule has 4 nitrogen and oxygen atoms in total. The maximum Gasteiger partial charge on any atom is 0.256 e. The van der Waals surface area contributed by atoms with Gasteiger partial charge in [-0.05, 0) is 30.5 Å². The lowest BCUT2D eigenvalue weighted by Gasteiger charge is -2.26. The summed E-state index contributed by atoms with van der Waals surface area (Å²) in [6.07, 6.45) is 7.61. The van der Waals surface area contributed by atoms with Crippen LogP contribution in [0.15, 0.2) is 59.8 Å². The highest BCUT2D eigenvalue weighted by Gasteiger charge is 2.22. The number of nitrogens with zero attached hydrogens (tertiary/aromatic N) is 2. The molecule has 4 rings (SSSR count). The van der Waals surface area contributed by atoms with Crippen LogP contribution >= 0.6 is 0 Å². The molecule has 0 aliphatic heterocycles. The summed E-state index contributed by atoms with van der Waals surface area (Å²) in [6.45, 7) is 0.663. The third kappa shape index (κ3) is 2.72. The zero-order valence-electron chi connectivity index (χ0n) is 12.9. The predicted octanol–water partition coefficient (Wildman–Crippen LogP) is 3.55. The van der Waals surface area contributed by atoms with Crippen LogP contribution in [-0.2, 0) is 6.54 Å². The van der Waals surface area contributed by atoms with Gasteiger partial charge in [0.25, 0.3) is 5.56 Å². The van der Waals surface area contributed by atoms with Crippen molar-refractivity contribution in [1.82, 2.24) is 14.5 Å². The fourth-order valence-electron chi connectivity index (χ4n) is 3.14. The highest BCUT2D eigenvalue weighted by atomic mass is 16.1. The second-order valence-electron chi connectivity index (χ2n) is 6.17. The van der Waals surface area contributed by atoms with E-state index in [0.717, 1.165) is 11.3 Å². The Morgan fingerprint density at radius 1 is 1.13 bits per heavy atom. The van der Waals surface area contributed by atoms with Gasteiger partial charge in [-0.3, -0.25) is 4.79 Å². The van der Waals surface area contributed by atoms with E-state index in [1.807, 2.05) is 55.0 Å². The van der Waals surface area contributed by atoms with Gasteiger partial charge in [0, 0.05) is 29.1 Å². The normalized spacial score (nSPS) is 14.6. The summed E-state index contributed by atoms with van der Waals surface area (Å²) in [5, 5.41) is 0. The molecule has 1 fully saturated rings. The van der Waals surface area contributed by atoms with Gasteiger partial charge in [-0.2, -0.15) is 0 Å². The lowest BCUT2D eigenvalue weighted by Crippen LogP contribution is -2.17. The molecule has 1 aliphatic carbocycles. The molecule has 23 heavy (non-hydrogen) atoms. The van der Waals surface area contributed by atoms with Crippen molar-refractivity contribution in [3.05, 3.63) is 76.7 Å². The van der Waals surface area contributed by atoms with Crippen LogP contribution < -0.4 is 5.56 Å². The number of nitrogens with one attached hydrogen (secondary N) is 1. The second-order valence-corrected chi connectivity index (χ2v) is 6.17. The van der Waals surface area contributed by atoms with Gasteiger partial charge in [0.05, 0.1) is 12.9 Å². The van der Waals surface area contributed by atoms with Crippen molar-refractivity contribution in [3.63, 3.8) is 0 Å². The zero-order valence-corrected chi connectivity index (χ0v) is 12.9. The predicted molar refractivity (Wildman–Crippen MR) is 90.4 cm³/mol. The SMILES string of the molecule is O=c1[nH]c(Cn2cncc2C2CCC2)ccc1-c1ccccc1. The summed E-state index contributed by atoms with van der Waals surface area (Å²) < 4.78 is 2.15. The van der Waals surface area contributed by atoms with Crippen molar-refractivity contribution in [3.8, 4) is 11.1 Å². The van der Waals surface area contributed by atoms with E-state index in [4.69, 9.17) is 0 Å². The van der Waals surface area contributed by atoms with Crippen LogP contribution in [0.5, 0.6) is 0 Å². The van der Waals surface area contributed by atoms with Crippen molar-refractivity contribution in [2.45, 2.75) is 31.7 Å². The standard InChI is InChI=1S/C19H19N3O/c23-19-17(14-5-2-1-3-6-14)10-9-16(21-19)12-22-13-20-11-18(22)15-7-4-8-15/h1-3,5-6,9-11,13,15H,4,7-8,12H2,(H,21,23). The molecule has 1 aliphatic rings. The number of rotatable bonds is 4. The molecular formula is C19H19N3O. The van der Waals surface area contributed by atoms with E-state index in [0.29, 0.717) is 18.0 Å². The van der Waals surface area contributed by atoms with Crippen molar-refractivity contribution < 1.29 is 0 Å². The van der Waals surface area contributed by atoms with Crippen LogP contribution in [0.1, 0.15) is 36.6 Å². The van der Waals surface area contributed by atoms with Crippen LogP contribution in [0.3, 0.4) is 0 Å². The van der Waals surface area contributed by atoms with E-state index in [2.05, 4.69) is 14.5 Å². The Morgan fingerprint density at radius 3 is 2.65 bits per heavy atom. The molecule has 0 unspecified atom stereocenters. The number of pyridine rings is 1. The average Bonchev–Trinajstić information content (AvgIpc) is 2.94. The Hall–Kier alpha value is -2.62. The fraction of sp³-hybridized carbons (Fsp3) is 0.263. The largest absolute Gasteiger partial charge is 0.328 e. The summed E-state index contributed by atoms with van der Waals surface area (Å²) in [5.74, 6) is 0.632. The summed E-state index contributed by atoms with van der Waals surface area (Å²) in [5.41, 5.74) is 3.80. The lowest BCUT2D eigenvalue weighted by molar-refractivity contribution is 0.399. The number of hydrogen-bond donors (Lipinski definition) is 1. The minimum Gasteiger partial charge on any atom is -0.328 e. The van der Waals surface area contributed by atoms with Gasteiger partial charge in [0.2, 0.25) is 0 Å². The highest BCUT2D eigenvalue weighted by Crippen LogP contribution is 2.36. The Bertz CT molecular complexity index is 860. The molecule has 0 atom stereocenters. The average molecular weight is 305 g/mol. The number of aromatic amines is 1. The molecule has 1 aromatic carbocycles. The van der Waals surface area contributed by atoms with Gasteiger partial charge in [0.1, 0.15) is 0 Å². The molecule has 2 aromatic heterocycles. The molecule has 116 valence electrons. The van der Waals surface area contributed by atoms with Crippen LogP contribution in [0, 0.1) is 0 Å². The molecule has 3 aromatic rings. The molecule has 0 saturated heterocycles. The maximum atomic E-state index is 12.4. The molecule has 1 saturated carbocycles. The highest BCUT2D eigenvalue weighted by molar-refractivity contribution is 5.62. The Kier molecular flexibility index (Phi) is 3.58. The van der Waals surface area contributed by atoms with Gasteiger partial charge in [-0.15, -0.1) is 0 Å². The lowest BCUT2D eigenvalue weighted by atomic mass is 9.83. The first kappa shape index (κ1) is 14.0. The van der Waals surface area contributed by atoms with E-state index in [9.17, 15) is 4.79 Å². The number of imidazole rings is 1. The summed E-state index contributed by atoms with van der Waals surface area (Å²) in [4.78, 5) is 19.7. The molecule has 0 radical (unpaired) electrons. The molecule has 1 N–H and O–H groups in total. The first-order valence-corrected chi connectivity index (χ1v) is 8.09. The smallest absolute Gasteiger partial charge is 0.256 e. The summed E-state index contributed by atoms with van der Waals surface area (Å²) in [6, 6.07) is 13.6. The molecule has 0 bridgehead atoms. The van der Waals surface area contributed by atoms with Crippen molar-refractivity contribution in [2.75, 3.05) is 0 Å². The Morgan fingerprint density at radius 2 is 1.96 bits per heavy atom. The monoisotopic (exact) mass is 305 g/mol. The number of benzene rings is 1. The number of aromatic nitrogens is 3. The van der Waals surface area contributed by atoms with Crippen molar-refractivity contribution in [2.24, 2.45) is 0 Å². The third-order valence-corrected chi connectivity index (χ3v) is 4.66. The van der Waals surface area contributed by atoms with E-state index >= 15 is 0 Å². The second kappa shape index (κ2) is 5.88. The molecule has 2 heterocycles. The van der Waals surface area contributed by atoms with Gasteiger partial charge in [-0.1, -0.05) is 36.8 Å². The zero-order chi connectivity index (χ0) is 15.6. The van der Waals surface area contributed by atoms with Crippen LogP contribution in [0.4, 0.5) is 0 Å². The van der Waals surface area contributed by atoms with Crippen molar-refractivity contribution in [1.29, 1.82) is 0 Å². The quantitative estimate of drug-likeness (QED) is 0.801. The minimum absolute atomic E-state index is 0.0426. The third-order valence-electron chi connectivity index (χ3n) is 4.66.